The number of benzene rings is 2. The van der Waals surface area contributed by atoms with E-state index < -0.39 is 42.0 Å². The summed E-state index contributed by atoms with van der Waals surface area (Å²) >= 11 is 0. The first kappa shape index (κ1) is 30.8. The first-order valence-electron chi connectivity index (χ1n) is 12.8. The number of aromatic carboxylic acids is 1. The molecule has 0 aliphatic rings. The molecule has 0 spiro atoms. The monoisotopic (exact) mass is 553 g/mol. The number of carboxylic acids is 1. The van der Waals surface area contributed by atoms with Crippen molar-refractivity contribution in [2.24, 2.45) is 0 Å². The van der Waals surface area contributed by atoms with Crippen LogP contribution in [0.4, 0.5) is 0 Å². The molecule has 0 amide bonds. The number of rotatable bonds is 17. The quantitative estimate of drug-likeness (QED) is 0.256. The minimum atomic E-state index is -4.08. The van der Waals surface area contributed by atoms with Gasteiger partial charge in [0.15, 0.2) is 9.84 Å². The van der Waals surface area contributed by atoms with Gasteiger partial charge in [0, 0.05) is 13.1 Å². The minimum Gasteiger partial charge on any atom is -0.497 e. The van der Waals surface area contributed by atoms with E-state index in [4.69, 9.17) is 4.74 Å². The number of carboxylic acid groups (broad SMARTS) is 1. The van der Waals surface area contributed by atoms with Crippen LogP contribution in [0, 0.1) is 0 Å². The average molecular weight is 554 g/mol. The topological polar surface area (TPSA) is 118 Å². The fourth-order valence-electron chi connectivity index (χ4n) is 4.10. The van der Waals surface area contributed by atoms with Gasteiger partial charge in [-0.2, -0.15) is 4.31 Å². The third kappa shape index (κ3) is 8.83. The molecular formula is C27H39NO7S2. The van der Waals surface area contributed by atoms with E-state index in [-0.39, 0.29) is 4.90 Å². The van der Waals surface area contributed by atoms with E-state index in [1.807, 2.05) is 0 Å². The summed E-state index contributed by atoms with van der Waals surface area (Å²) in [4.78, 5) is 11.4. The van der Waals surface area contributed by atoms with Crippen LogP contribution in [0.25, 0.3) is 0 Å². The molecule has 0 atom stereocenters. The lowest BCUT2D eigenvalue weighted by Crippen LogP contribution is -2.33. The number of ether oxygens (including phenoxy) is 1. The number of carbonyl (C=O) groups is 1. The van der Waals surface area contributed by atoms with Crippen LogP contribution in [0.3, 0.4) is 0 Å². The fourth-order valence-corrected chi connectivity index (χ4v) is 7.17. The normalized spacial score (nSPS) is 12.1. The molecule has 0 unspecified atom stereocenters. The molecular weight excluding hydrogens is 514 g/mol. The Morgan fingerprint density at radius 3 is 2.03 bits per heavy atom. The zero-order valence-electron chi connectivity index (χ0n) is 22.0. The standard InChI is InChI=1S/C27H39NO7S2/c1-4-6-8-10-17-28(18-11-9-7-5-2)37(33,34)24-15-16-26(25(20-24)27(29)30)36(31,32)21-22-13-12-14-23(19-22)35-3/h12-16,19-20H,4-11,17-18,21H2,1-3H3,(H,29,30). The summed E-state index contributed by atoms with van der Waals surface area (Å²) in [6.07, 6.45) is 7.28. The van der Waals surface area contributed by atoms with Crippen molar-refractivity contribution in [2.45, 2.75) is 80.8 Å². The summed E-state index contributed by atoms with van der Waals surface area (Å²) in [7, 11) is -6.62. The van der Waals surface area contributed by atoms with Gasteiger partial charge in [0.05, 0.1) is 28.2 Å². The number of hydrogen-bond acceptors (Lipinski definition) is 6. The van der Waals surface area contributed by atoms with E-state index >= 15 is 0 Å². The van der Waals surface area contributed by atoms with Crippen LogP contribution in [-0.2, 0) is 25.6 Å². The second kappa shape index (κ2) is 14.5. The molecule has 0 saturated heterocycles. The number of unbranched alkanes of at least 4 members (excludes halogenated alkanes) is 6. The van der Waals surface area contributed by atoms with Crippen molar-refractivity contribution in [3.8, 4) is 5.75 Å². The Morgan fingerprint density at radius 1 is 0.865 bits per heavy atom. The van der Waals surface area contributed by atoms with Crippen molar-refractivity contribution in [3.63, 3.8) is 0 Å². The molecule has 0 aliphatic heterocycles. The van der Waals surface area contributed by atoms with Gasteiger partial charge in [-0.1, -0.05) is 64.5 Å². The molecule has 0 aliphatic carbocycles. The van der Waals surface area contributed by atoms with Crippen molar-refractivity contribution in [1.82, 2.24) is 4.31 Å². The molecule has 0 radical (unpaired) electrons. The number of sulfone groups is 1. The molecule has 2 rings (SSSR count). The molecule has 0 aromatic heterocycles. The second-order valence-electron chi connectivity index (χ2n) is 9.10. The maximum absolute atomic E-state index is 13.5. The summed E-state index contributed by atoms with van der Waals surface area (Å²) in [5, 5.41) is 9.81. The predicted molar refractivity (Wildman–Crippen MR) is 144 cm³/mol. The van der Waals surface area contributed by atoms with E-state index in [0.29, 0.717) is 37.2 Å². The molecule has 8 nitrogen and oxygen atoms in total. The predicted octanol–water partition coefficient (Wildman–Crippen LogP) is 5.52. The number of sulfonamides is 1. The highest BCUT2D eigenvalue weighted by molar-refractivity contribution is 7.90. The van der Waals surface area contributed by atoms with Crippen LogP contribution in [0.15, 0.2) is 52.3 Å². The van der Waals surface area contributed by atoms with Crippen LogP contribution in [-0.4, -0.2) is 52.4 Å². The van der Waals surface area contributed by atoms with Crippen molar-refractivity contribution >= 4 is 25.8 Å². The number of nitrogens with zero attached hydrogens (tertiary/aromatic N) is 1. The van der Waals surface area contributed by atoms with Gasteiger partial charge in [0.2, 0.25) is 10.0 Å². The third-order valence-corrected chi connectivity index (χ3v) is 9.80. The molecule has 1 N–H and O–H groups in total. The SMILES string of the molecule is CCCCCCN(CCCCCC)S(=O)(=O)c1ccc(S(=O)(=O)Cc2cccc(OC)c2)c(C(=O)O)c1. The zero-order chi connectivity index (χ0) is 27.5. The average Bonchev–Trinajstić information content (AvgIpc) is 2.87. The molecule has 10 heteroatoms. The number of methoxy groups -OCH3 is 1. The van der Waals surface area contributed by atoms with Gasteiger partial charge in [-0.25, -0.2) is 21.6 Å². The Bertz CT molecular complexity index is 1230. The molecule has 0 bridgehead atoms. The van der Waals surface area contributed by atoms with Crippen molar-refractivity contribution in [3.05, 3.63) is 53.6 Å². The van der Waals surface area contributed by atoms with Crippen LogP contribution in [0.1, 0.15) is 81.1 Å². The number of hydrogen-bond donors (Lipinski definition) is 1. The van der Waals surface area contributed by atoms with E-state index in [1.54, 1.807) is 24.3 Å². The summed E-state index contributed by atoms with van der Waals surface area (Å²) in [5.41, 5.74) is -0.126. The lowest BCUT2D eigenvalue weighted by Gasteiger charge is -2.23. The Hall–Kier alpha value is -2.43. The smallest absolute Gasteiger partial charge is 0.337 e. The lowest BCUT2D eigenvalue weighted by molar-refractivity contribution is 0.0692. The van der Waals surface area contributed by atoms with Gasteiger partial charge in [-0.3, -0.25) is 0 Å². The van der Waals surface area contributed by atoms with Gasteiger partial charge < -0.3 is 9.84 Å². The highest BCUT2D eigenvalue weighted by Crippen LogP contribution is 2.27. The minimum absolute atomic E-state index is 0.212. The fraction of sp³-hybridized carbons (Fsp3) is 0.519. The second-order valence-corrected chi connectivity index (χ2v) is 13.0. The summed E-state index contributed by atoms with van der Waals surface area (Å²) < 4.78 is 59.9. The largest absolute Gasteiger partial charge is 0.497 e. The summed E-state index contributed by atoms with van der Waals surface area (Å²) in [6.45, 7) is 4.84. The summed E-state index contributed by atoms with van der Waals surface area (Å²) in [5.74, 6) is -1.47. The molecule has 2 aromatic carbocycles. The van der Waals surface area contributed by atoms with E-state index in [1.165, 1.54) is 17.5 Å². The van der Waals surface area contributed by atoms with Gasteiger partial charge in [0.25, 0.3) is 0 Å². The highest BCUT2D eigenvalue weighted by atomic mass is 32.2. The van der Waals surface area contributed by atoms with Gasteiger partial charge in [0.1, 0.15) is 5.75 Å². The lowest BCUT2D eigenvalue weighted by atomic mass is 10.2. The van der Waals surface area contributed by atoms with Crippen LogP contribution in [0.5, 0.6) is 5.75 Å². The highest BCUT2D eigenvalue weighted by Gasteiger charge is 2.29. The van der Waals surface area contributed by atoms with Crippen molar-refractivity contribution < 1.29 is 31.5 Å². The molecule has 0 heterocycles. The summed E-state index contributed by atoms with van der Waals surface area (Å²) in [6, 6.07) is 9.76. The van der Waals surface area contributed by atoms with E-state index in [9.17, 15) is 26.7 Å². The Morgan fingerprint density at radius 2 is 1.49 bits per heavy atom. The van der Waals surface area contributed by atoms with Crippen LogP contribution in [0.2, 0.25) is 0 Å². The van der Waals surface area contributed by atoms with Gasteiger partial charge in [-0.15, -0.1) is 0 Å². The molecule has 37 heavy (non-hydrogen) atoms. The molecule has 0 fully saturated rings. The molecule has 206 valence electrons. The maximum Gasteiger partial charge on any atom is 0.337 e. The Labute approximate surface area is 221 Å². The third-order valence-electron chi connectivity index (χ3n) is 6.17. The van der Waals surface area contributed by atoms with Crippen LogP contribution < -0.4 is 4.74 Å². The van der Waals surface area contributed by atoms with Gasteiger partial charge >= 0.3 is 5.97 Å². The van der Waals surface area contributed by atoms with Crippen molar-refractivity contribution in [1.29, 1.82) is 0 Å². The Kier molecular flexibility index (Phi) is 12.1. The molecule has 2 aromatic rings. The van der Waals surface area contributed by atoms with E-state index in [0.717, 1.165) is 50.7 Å². The first-order chi connectivity index (χ1) is 17.6. The Balaban J connectivity index is 2.40. The van der Waals surface area contributed by atoms with Crippen LogP contribution >= 0.6 is 0 Å². The van der Waals surface area contributed by atoms with Crippen molar-refractivity contribution in [2.75, 3.05) is 20.2 Å². The van der Waals surface area contributed by atoms with Gasteiger partial charge in [-0.05, 0) is 48.7 Å². The zero-order valence-corrected chi connectivity index (χ0v) is 23.6. The maximum atomic E-state index is 13.5. The van der Waals surface area contributed by atoms with E-state index in [2.05, 4.69) is 13.8 Å². The first-order valence-corrected chi connectivity index (χ1v) is 15.9. The molecule has 0 saturated carbocycles.